The lowest BCUT2D eigenvalue weighted by Crippen LogP contribution is -2.61. The van der Waals surface area contributed by atoms with Gasteiger partial charge in [-0.15, -0.1) is 0 Å². The molecule has 3 heterocycles. The molecule has 0 radical (unpaired) electrons. The van der Waals surface area contributed by atoms with E-state index >= 15 is 0 Å². The maximum Gasteiger partial charge on any atom is 0.328 e. The first-order valence-electron chi connectivity index (χ1n) is 9.94. The Balaban J connectivity index is 1.35. The van der Waals surface area contributed by atoms with Gasteiger partial charge in [0, 0.05) is 45.6 Å². The smallest absolute Gasteiger partial charge is 0.328 e. The van der Waals surface area contributed by atoms with Gasteiger partial charge >= 0.3 is 5.69 Å². The molecule has 0 aliphatic carbocycles. The van der Waals surface area contributed by atoms with Crippen LogP contribution in [0.1, 0.15) is 33.6 Å². The van der Waals surface area contributed by atoms with Crippen LogP contribution in [0.5, 0.6) is 5.75 Å². The van der Waals surface area contributed by atoms with E-state index in [0.29, 0.717) is 42.8 Å². The first-order chi connectivity index (χ1) is 14.4. The minimum Gasteiger partial charge on any atom is -0.467 e. The number of piperidine rings is 1. The number of ether oxygens (including phenoxy) is 1. The van der Waals surface area contributed by atoms with Crippen molar-refractivity contribution in [3.8, 4) is 5.75 Å². The number of rotatable bonds is 1. The summed E-state index contributed by atoms with van der Waals surface area (Å²) in [5, 5.41) is 2.99. The number of para-hydroxylation sites is 1. The summed E-state index contributed by atoms with van der Waals surface area (Å²) in [5.41, 5.74) is 1.67. The van der Waals surface area contributed by atoms with Gasteiger partial charge in [-0.05, 0) is 30.3 Å². The zero-order valence-electron chi connectivity index (χ0n) is 16.8. The Bertz CT molecular complexity index is 1250. The van der Waals surface area contributed by atoms with Crippen molar-refractivity contribution in [3.05, 3.63) is 64.1 Å². The van der Waals surface area contributed by atoms with Gasteiger partial charge in [0.05, 0.1) is 16.6 Å². The number of amides is 2. The molecule has 2 amide bonds. The summed E-state index contributed by atoms with van der Waals surface area (Å²) in [7, 11) is 3.41. The molecule has 8 heteroatoms. The maximum atomic E-state index is 13.1. The van der Waals surface area contributed by atoms with E-state index in [1.807, 2.05) is 6.07 Å². The summed E-state index contributed by atoms with van der Waals surface area (Å²) in [5.74, 6) is 0.342. The summed E-state index contributed by atoms with van der Waals surface area (Å²) < 4.78 is 9.25. The SMILES string of the molecule is Cn1c(=O)n(C)c2cc(C(=O)N3CCC4(CC3)NC(=O)c3ccccc3O4)ccc21. The minimum absolute atomic E-state index is 0.0920. The Morgan fingerprint density at radius 2 is 1.70 bits per heavy atom. The van der Waals surface area contributed by atoms with Crippen LogP contribution in [0, 0.1) is 0 Å². The Kier molecular flexibility index (Phi) is 3.99. The van der Waals surface area contributed by atoms with Crippen LogP contribution in [0.2, 0.25) is 0 Å². The molecule has 1 saturated heterocycles. The number of likely N-dealkylation sites (tertiary alicyclic amines) is 1. The summed E-state index contributed by atoms with van der Waals surface area (Å²) in [6.07, 6.45) is 1.01. The molecule has 5 rings (SSSR count). The number of benzene rings is 2. The normalized spacial score (nSPS) is 17.5. The molecule has 0 saturated carbocycles. The number of imidazole rings is 1. The summed E-state index contributed by atoms with van der Waals surface area (Å²) >= 11 is 0. The van der Waals surface area contributed by atoms with Gasteiger partial charge in [-0.25, -0.2) is 4.79 Å². The van der Waals surface area contributed by atoms with E-state index in [1.165, 1.54) is 0 Å². The van der Waals surface area contributed by atoms with E-state index in [1.54, 1.807) is 64.5 Å². The molecule has 2 aliphatic rings. The van der Waals surface area contributed by atoms with E-state index in [2.05, 4.69) is 5.32 Å². The van der Waals surface area contributed by atoms with Gasteiger partial charge in [-0.3, -0.25) is 18.7 Å². The molecule has 1 spiro atoms. The molecule has 0 bridgehead atoms. The van der Waals surface area contributed by atoms with Crippen LogP contribution >= 0.6 is 0 Å². The molecular formula is C22H22N4O4. The molecule has 0 unspecified atom stereocenters. The van der Waals surface area contributed by atoms with Crippen LogP contribution in [-0.2, 0) is 14.1 Å². The van der Waals surface area contributed by atoms with Gasteiger partial charge < -0.3 is 15.0 Å². The number of fused-ring (bicyclic) bond motifs is 2. The molecular weight excluding hydrogens is 384 g/mol. The van der Waals surface area contributed by atoms with Crippen molar-refractivity contribution in [1.29, 1.82) is 0 Å². The molecule has 8 nitrogen and oxygen atoms in total. The van der Waals surface area contributed by atoms with Gasteiger partial charge in [-0.2, -0.15) is 0 Å². The molecule has 1 N–H and O–H groups in total. The van der Waals surface area contributed by atoms with Gasteiger partial charge in [0.1, 0.15) is 5.75 Å². The zero-order chi connectivity index (χ0) is 21.0. The Labute approximate surface area is 172 Å². The van der Waals surface area contributed by atoms with Crippen molar-refractivity contribution in [1.82, 2.24) is 19.4 Å². The predicted octanol–water partition coefficient (Wildman–Crippen LogP) is 1.63. The molecule has 2 aliphatic heterocycles. The number of hydrogen-bond donors (Lipinski definition) is 1. The predicted molar refractivity (Wildman–Crippen MR) is 111 cm³/mol. The van der Waals surface area contributed by atoms with Crippen LogP contribution in [0.4, 0.5) is 0 Å². The van der Waals surface area contributed by atoms with E-state index in [-0.39, 0.29) is 17.5 Å². The Morgan fingerprint density at radius 1 is 1.00 bits per heavy atom. The summed E-state index contributed by atoms with van der Waals surface area (Å²) in [4.78, 5) is 39.5. The lowest BCUT2D eigenvalue weighted by molar-refractivity contribution is -0.0245. The molecule has 30 heavy (non-hydrogen) atoms. The molecule has 154 valence electrons. The van der Waals surface area contributed by atoms with E-state index in [0.717, 1.165) is 11.0 Å². The first kappa shape index (κ1) is 18.5. The van der Waals surface area contributed by atoms with Crippen LogP contribution in [-0.4, -0.2) is 44.7 Å². The third-order valence-corrected chi connectivity index (χ3v) is 6.16. The van der Waals surface area contributed by atoms with Crippen LogP contribution in [0.3, 0.4) is 0 Å². The second-order valence-electron chi connectivity index (χ2n) is 7.94. The van der Waals surface area contributed by atoms with Crippen molar-refractivity contribution >= 4 is 22.8 Å². The molecule has 1 aromatic heterocycles. The first-order valence-corrected chi connectivity index (χ1v) is 9.94. The van der Waals surface area contributed by atoms with Crippen LogP contribution < -0.4 is 15.7 Å². The second-order valence-corrected chi connectivity index (χ2v) is 7.94. The highest BCUT2D eigenvalue weighted by Gasteiger charge is 2.43. The molecule has 2 aromatic carbocycles. The van der Waals surface area contributed by atoms with Gasteiger partial charge in [-0.1, -0.05) is 12.1 Å². The number of nitrogens with zero attached hydrogens (tertiary/aromatic N) is 3. The third-order valence-electron chi connectivity index (χ3n) is 6.16. The Hall–Kier alpha value is -3.55. The fraction of sp³-hybridized carbons (Fsp3) is 0.318. The van der Waals surface area contributed by atoms with Crippen molar-refractivity contribution in [2.45, 2.75) is 18.6 Å². The minimum atomic E-state index is -0.782. The second kappa shape index (κ2) is 6.48. The number of carbonyl (C=O) groups is 2. The standard InChI is InChI=1S/C22H22N4O4/c1-24-16-8-7-14(13-17(16)25(2)21(24)29)20(28)26-11-9-22(10-12-26)23-19(27)15-5-3-4-6-18(15)30-22/h3-8,13H,9-12H2,1-2H3,(H,23,27). The number of hydrogen-bond acceptors (Lipinski definition) is 4. The summed E-state index contributed by atoms with van der Waals surface area (Å²) in [6, 6.07) is 12.5. The van der Waals surface area contributed by atoms with Gasteiger partial charge in [0.2, 0.25) is 0 Å². The molecule has 1 fully saturated rings. The molecule has 0 atom stereocenters. The van der Waals surface area contributed by atoms with E-state index in [9.17, 15) is 14.4 Å². The number of carbonyl (C=O) groups excluding carboxylic acids is 2. The largest absolute Gasteiger partial charge is 0.467 e. The fourth-order valence-corrected chi connectivity index (χ4v) is 4.37. The average Bonchev–Trinajstić information content (AvgIpc) is 2.97. The highest BCUT2D eigenvalue weighted by atomic mass is 16.5. The monoisotopic (exact) mass is 406 g/mol. The Morgan fingerprint density at radius 3 is 2.47 bits per heavy atom. The average molecular weight is 406 g/mol. The van der Waals surface area contributed by atoms with Crippen LogP contribution in [0.15, 0.2) is 47.3 Å². The quantitative estimate of drug-likeness (QED) is 0.666. The van der Waals surface area contributed by atoms with E-state index in [4.69, 9.17) is 4.74 Å². The van der Waals surface area contributed by atoms with Crippen LogP contribution in [0.25, 0.3) is 11.0 Å². The number of nitrogens with one attached hydrogen (secondary N) is 1. The molecule has 3 aromatic rings. The van der Waals surface area contributed by atoms with Crippen molar-refractivity contribution in [2.24, 2.45) is 14.1 Å². The highest BCUT2D eigenvalue weighted by molar-refractivity contribution is 5.99. The summed E-state index contributed by atoms with van der Waals surface area (Å²) in [6.45, 7) is 0.931. The highest BCUT2D eigenvalue weighted by Crippen LogP contribution is 2.33. The zero-order valence-corrected chi connectivity index (χ0v) is 16.8. The van der Waals surface area contributed by atoms with Crippen molar-refractivity contribution in [3.63, 3.8) is 0 Å². The lowest BCUT2D eigenvalue weighted by Gasteiger charge is -2.44. The third kappa shape index (κ3) is 2.71. The fourth-order valence-electron chi connectivity index (χ4n) is 4.37. The van der Waals surface area contributed by atoms with Gasteiger partial charge in [0.15, 0.2) is 5.72 Å². The maximum absolute atomic E-state index is 13.1. The van der Waals surface area contributed by atoms with E-state index < -0.39 is 5.72 Å². The van der Waals surface area contributed by atoms with Gasteiger partial charge in [0.25, 0.3) is 11.8 Å². The van der Waals surface area contributed by atoms with Crippen molar-refractivity contribution < 1.29 is 14.3 Å². The number of aromatic nitrogens is 2. The van der Waals surface area contributed by atoms with Crippen molar-refractivity contribution in [2.75, 3.05) is 13.1 Å². The topological polar surface area (TPSA) is 85.6 Å². The number of aryl methyl sites for hydroxylation is 2. The lowest BCUT2D eigenvalue weighted by atomic mass is 9.96.